The molecule has 2 N–H and O–H groups in total. The Kier molecular flexibility index (Phi) is 5.01. The number of β-amino-alcohol motifs (C(OH)–C–C–N with tert-alkyl or cyclic N) is 1. The molecule has 0 aromatic heterocycles. The van der Waals surface area contributed by atoms with Crippen molar-refractivity contribution < 1.29 is 5.11 Å². The van der Waals surface area contributed by atoms with Crippen molar-refractivity contribution in [2.75, 3.05) is 19.6 Å². The first-order valence-electron chi connectivity index (χ1n) is 7.37. The molecule has 4 nitrogen and oxygen atoms in total. The quantitative estimate of drug-likeness (QED) is 0.653. The molecule has 4 heteroatoms. The molecule has 1 aromatic carbocycles. The van der Waals surface area contributed by atoms with Gasteiger partial charge in [-0.2, -0.15) is 0 Å². The lowest BCUT2D eigenvalue weighted by molar-refractivity contribution is 0.188. The summed E-state index contributed by atoms with van der Waals surface area (Å²) in [5.41, 5.74) is 3.82. The van der Waals surface area contributed by atoms with Crippen molar-refractivity contribution in [3.63, 3.8) is 0 Å². The minimum Gasteiger partial charge on any atom is -0.391 e. The van der Waals surface area contributed by atoms with Crippen LogP contribution in [0.1, 0.15) is 30.0 Å². The first kappa shape index (κ1) is 14.9. The molecule has 1 heterocycles. The highest BCUT2D eigenvalue weighted by atomic mass is 16.3. The number of rotatable bonds is 3. The minimum absolute atomic E-state index is 0.222. The fraction of sp³-hybridized carbons (Fsp3) is 0.562. The van der Waals surface area contributed by atoms with Gasteiger partial charge >= 0.3 is 0 Å². The maximum Gasteiger partial charge on any atom is 0.194 e. The minimum atomic E-state index is -0.222. The van der Waals surface area contributed by atoms with E-state index in [0.29, 0.717) is 13.1 Å². The molecule has 1 fully saturated rings. The van der Waals surface area contributed by atoms with Gasteiger partial charge in [0.1, 0.15) is 0 Å². The lowest BCUT2D eigenvalue weighted by Crippen LogP contribution is -2.40. The van der Waals surface area contributed by atoms with Crippen LogP contribution in [0.2, 0.25) is 0 Å². The highest BCUT2D eigenvalue weighted by Gasteiger charge is 2.22. The number of likely N-dealkylation sites (tertiary alicyclic amines) is 1. The van der Waals surface area contributed by atoms with Crippen LogP contribution in [0, 0.1) is 13.8 Å². The number of aliphatic hydroxyl groups excluding tert-OH is 1. The van der Waals surface area contributed by atoms with Crippen molar-refractivity contribution in [1.29, 1.82) is 0 Å². The molecule has 2 rings (SSSR count). The summed E-state index contributed by atoms with van der Waals surface area (Å²) < 4.78 is 0. The summed E-state index contributed by atoms with van der Waals surface area (Å²) in [6, 6.07) is 6.47. The molecular weight excluding hydrogens is 250 g/mol. The number of benzene rings is 1. The molecule has 0 unspecified atom stereocenters. The van der Waals surface area contributed by atoms with E-state index in [1.165, 1.54) is 16.7 Å². The second kappa shape index (κ2) is 6.75. The predicted molar refractivity (Wildman–Crippen MR) is 82.9 cm³/mol. The Morgan fingerprint density at radius 2 is 2.25 bits per heavy atom. The zero-order valence-electron chi connectivity index (χ0n) is 12.7. The average molecular weight is 275 g/mol. The Hall–Kier alpha value is -1.55. The molecule has 1 aliphatic rings. The summed E-state index contributed by atoms with van der Waals surface area (Å²) in [7, 11) is 0. The van der Waals surface area contributed by atoms with Gasteiger partial charge in [-0.25, -0.2) is 4.99 Å². The molecule has 1 aliphatic heterocycles. The van der Waals surface area contributed by atoms with Gasteiger partial charge in [0.05, 0.1) is 12.6 Å². The molecule has 0 amide bonds. The lowest BCUT2D eigenvalue weighted by atomic mass is 10.1. The van der Waals surface area contributed by atoms with Crippen LogP contribution in [0.5, 0.6) is 0 Å². The van der Waals surface area contributed by atoms with Crippen LogP contribution in [0.25, 0.3) is 0 Å². The molecule has 0 radical (unpaired) electrons. The Morgan fingerprint density at radius 1 is 1.45 bits per heavy atom. The number of hydrogen-bond donors (Lipinski definition) is 2. The van der Waals surface area contributed by atoms with Crippen molar-refractivity contribution in [2.45, 2.75) is 39.8 Å². The van der Waals surface area contributed by atoms with E-state index in [0.717, 1.165) is 25.5 Å². The number of guanidine groups is 1. The van der Waals surface area contributed by atoms with E-state index in [9.17, 15) is 5.11 Å². The lowest BCUT2D eigenvalue weighted by Gasteiger charge is -2.21. The Balaban J connectivity index is 2.08. The van der Waals surface area contributed by atoms with Gasteiger partial charge in [0.2, 0.25) is 0 Å². The second-order valence-corrected chi connectivity index (χ2v) is 5.49. The maximum atomic E-state index is 9.65. The Labute approximate surface area is 121 Å². The van der Waals surface area contributed by atoms with E-state index >= 15 is 0 Å². The van der Waals surface area contributed by atoms with Crippen molar-refractivity contribution >= 4 is 5.96 Å². The second-order valence-electron chi connectivity index (χ2n) is 5.49. The van der Waals surface area contributed by atoms with E-state index in [1.807, 2.05) is 0 Å². The molecule has 1 atom stereocenters. The number of aliphatic imine (C=N–C) groups is 1. The van der Waals surface area contributed by atoms with Gasteiger partial charge in [0.25, 0.3) is 0 Å². The van der Waals surface area contributed by atoms with Crippen LogP contribution >= 0.6 is 0 Å². The van der Waals surface area contributed by atoms with Crippen LogP contribution in [-0.4, -0.2) is 41.7 Å². The first-order chi connectivity index (χ1) is 9.60. The topological polar surface area (TPSA) is 47.9 Å². The van der Waals surface area contributed by atoms with E-state index in [1.54, 1.807) is 0 Å². The monoisotopic (exact) mass is 275 g/mol. The van der Waals surface area contributed by atoms with Crippen molar-refractivity contribution in [3.05, 3.63) is 34.9 Å². The summed E-state index contributed by atoms with van der Waals surface area (Å²) in [5, 5.41) is 13.0. The van der Waals surface area contributed by atoms with Gasteiger partial charge in [-0.15, -0.1) is 0 Å². The van der Waals surface area contributed by atoms with Gasteiger partial charge in [-0.05, 0) is 38.3 Å². The first-order valence-corrected chi connectivity index (χ1v) is 7.37. The third-order valence-corrected chi connectivity index (χ3v) is 3.70. The van der Waals surface area contributed by atoms with Gasteiger partial charge in [-0.3, -0.25) is 0 Å². The standard InChI is InChI=1S/C16H25N3O/c1-4-17-16(19-8-7-15(20)11-19)18-10-14-6-5-12(2)9-13(14)3/h5-6,9,15,20H,4,7-8,10-11H2,1-3H3,(H,17,18)/t15-/m1/s1. The number of hydrogen-bond acceptors (Lipinski definition) is 2. The molecule has 1 aromatic rings. The molecule has 0 saturated carbocycles. The van der Waals surface area contributed by atoms with E-state index in [4.69, 9.17) is 4.99 Å². The fourth-order valence-corrected chi connectivity index (χ4v) is 2.54. The van der Waals surface area contributed by atoms with Crippen molar-refractivity contribution in [3.8, 4) is 0 Å². The average Bonchev–Trinajstić information content (AvgIpc) is 2.83. The Morgan fingerprint density at radius 3 is 2.85 bits per heavy atom. The highest BCUT2D eigenvalue weighted by Crippen LogP contribution is 2.13. The summed E-state index contributed by atoms with van der Waals surface area (Å²) in [4.78, 5) is 6.85. The van der Waals surface area contributed by atoms with Crippen LogP contribution in [-0.2, 0) is 6.54 Å². The molecule has 1 saturated heterocycles. The molecule has 110 valence electrons. The number of nitrogens with one attached hydrogen (secondary N) is 1. The predicted octanol–water partition coefficient (Wildman–Crippen LogP) is 1.84. The summed E-state index contributed by atoms with van der Waals surface area (Å²) in [5.74, 6) is 0.907. The molecular formula is C16H25N3O. The zero-order chi connectivity index (χ0) is 14.5. The Bertz CT molecular complexity index is 485. The maximum absolute atomic E-state index is 9.65. The molecule has 0 spiro atoms. The number of aliphatic hydroxyl groups is 1. The fourth-order valence-electron chi connectivity index (χ4n) is 2.54. The number of nitrogens with zero attached hydrogens (tertiary/aromatic N) is 2. The van der Waals surface area contributed by atoms with Crippen LogP contribution < -0.4 is 5.32 Å². The third kappa shape index (κ3) is 3.73. The summed E-state index contributed by atoms with van der Waals surface area (Å²) in [6.07, 6.45) is 0.605. The van der Waals surface area contributed by atoms with Gasteiger partial charge in [0, 0.05) is 19.6 Å². The SMILES string of the molecule is CCNC(=NCc1ccc(C)cc1C)N1CC[C@@H](O)C1. The van der Waals surface area contributed by atoms with Gasteiger partial charge in [-0.1, -0.05) is 23.8 Å². The van der Waals surface area contributed by atoms with Gasteiger partial charge in [0.15, 0.2) is 5.96 Å². The molecule has 20 heavy (non-hydrogen) atoms. The van der Waals surface area contributed by atoms with E-state index < -0.39 is 0 Å². The largest absolute Gasteiger partial charge is 0.391 e. The van der Waals surface area contributed by atoms with Crippen LogP contribution in [0.15, 0.2) is 23.2 Å². The van der Waals surface area contributed by atoms with Crippen molar-refractivity contribution in [1.82, 2.24) is 10.2 Å². The highest BCUT2D eigenvalue weighted by molar-refractivity contribution is 5.80. The normalized spacial score (nSPS) is 19.5. The third-order valence-electron chi connectivity index (χ3n) is 3.70. The van der Waals surface area contributed by atoms with Crippen molar-refractivity contribution in [2.24, 2.45) is 4.99 Å². The smallest absolute Gasteiger partial charge is 0.194 e. The van der Waals surface area contributed by atoms with Gasteiger partial charge < -0.3 is 15.3 Å². The van der Waals surface area contributed by atoms with Crippen LogP contribution in [0.4, 0.5) is 0 Å². The number of aryl methyl sites for hydroxylation is 2. The molecule has 0 bridgehead atoms. The summed E-state index contributed by atoms with van der Waals surface area (Å²) >= 11 is 0. The molecule has 0 aliphatic carbocycles. The zero-order valence-corrected chi connectivity index (χ0v) is 12.7. The van der Waals surface area contributed by atoms with Crippen LogP contribution in [0.3, 0.4) is 0 Å². The van der Waals surface area contributed by atoms with E-state index in [2.05, 4.69) is 49.2 Å². The summed E-state index contributed by atoms with van der Waals surface area (Å²) in [6.45, 7) is 9.39. The van der Waals surface area contributed by atoms with E-state index in [-0.39, 0.29) is 6.10 Å².